The van der Waals surface area contributed by atoms with E-state index >= 15 is 0 Å². The Labute approximate surface area is 95.6 Å². The van der Waals surface area contributed by atoms with Crippen LogP contribution in [0.3, 0.4) is 0 Å². The minimum absolute atomic E-state index is 0.303. The van der Waals surface area contributed by atoms with E-state index in [1.54, 1.807) is 6.07 Å². The summed E-state index contributed by atoms with van der Waals surface area (Å²) in [6.07, 6.45) is 1.02. The van der Waals surface area contributed by atoms with Crippen LogP contribution >= 0.6 is 11.6 Å². The molecule has 0 bridgehead atoms. The number of hydrogen-bond acceptors (Lipinski definition) is 1. The Balaban J connectivity index is 2.79. The van der Waals surface area contributed by atoms with Crippen molar-refractivity contribution in [3.63, 3.8) is 0 Å². The zero-order valence-corrected chi connectivity index (χ0v) is 10.1. The van der Waals surface area contributed by atoms with Crippen molar-refractivity contribution in [1.82, 2.24) is 0 Å². The summed E-state index contributed by atoms with van der Waals surface area (Å²) in [4.78, 5) is 0. The van der Waals surface area contributed by atoms with Gasteiger partial charge in [-0.05, 0) is 30.5 Å². The minimum atomic E-state index is -0.303. The lowest BCUT2D eigenvalue weighted by atomic mass is 10.0. The van der Waals surface area contributed by atoms with E-state index in [2.05, 4.69) is 26.1 Å². The van der Waals surface area contributed by atoms with Crippen molar-refractivity contribution in [2.45, 2.75) is 33.2 Å². The van der Waals surface area contributed by atoms with Gasteiger partial charge < -0.3 is 5.32 Å². The van der Waals surface area contributed by atoms with Gasteiger partial charge in [0.2, 0.25) is 0 Å². The van der Waals surface area contributed by atoms with Crippen molar-refractivity contribution in [3.8, 4) is 0 Å². The third-order valence-electron chi connectivity index (χ3n) is 2.52. The molecule has 1 aromatic carbocycles. The van der Waals surface area contributed by atoms with Gasteiger partial charge in [0.1, 0.15) is 5.82 Å². The summed E-state index contributed by atoms with van der Waals surface area (Å²) in [5.41, 5.74) is 0.804. The molecule has 0 heterocycles. The van der Waals surface area contributed by atoms with Crippen LogP contribution in [0, 0.1) is 11.7 Å². The van der Waals surface area contributed by atoms with Crippen molar-refractivity contribution in [1.29, 1.82) is 0 Å². The van der Waals surface area contributed by atoms with Gasteiger partial charge in [0.15, 0.2) is 0 Å². The fourth-order valence-corrected chi connectivity index (χ4v) is 1.77. The van der Waals surface area contributed by atoms with Crippen LogP contribution in [0.2, 0.25) is 5.02 Å². The molecule has 0 saturated carbocycles. The first kappa shape index (κ1) is 12.3. The van der Waals surface area contributed by atoms with Crippen LogP contribution in [0.1, 0.15) is 27.2 Å². The van der Waals surface area contributed by atoms with Gasteiger partial charge >= 0.3 is 0 Å². The van der Waals surface area contributed by atoms with E-state index in [4.69, 9.17) is 11.6 Å². The fraction of sp³-hybridized carbons (Fsp3) is 0.500. The van der Waals surface area contributed by atoms with Crippen molar-refractivity contribution in [2.75, 3.05) is 5.32 Å². The lowest BCUT2D eigenvalue weighted by Crippen LogP contribution is -2.24. The third kappa shape index (κ3) is 3.38. The number of anilines is 1. The van der Waals surface area contributed by atoms with E-state index in [-0.39, 0.29) is 5.82 Å². The highest BCUT2D eigenvalue weighted by Gasteiger charge is 2.12. The average Bonchev–Trinajstić information content (AvgIpc) is 2.16. The first-order valence-corrected chi connectivity index (χ1v) is 5.64. The number of benzene rings is 1. The first-order valence-electron chi connectivity index (χ1n) is 5.26. The highest BCUT2D eigenvalue weighted by molar-refractivity contribution is 6.33. The average molecular weight is 230 g/mol. The number of nitrogens with one attached hydrogen (secondary N) is 1. The zero-order chi connectivity index (χ0) is 11.4. The summed E-state index contributed by atoms with van der Waals surface area (Å²) in [6.45, 7) is 6.42. The van der Waals surface area contributed by atoms with Gasteiger partial charge in [-0.15, -0.1) is 0 Å². The Morgan fingerprint density at radius 2 is 2.07 bits per heavy atom. The predicted molar refractivity (Wildman–Crippen MR) is 63.9 cm³/mol. The van der Waals surface area contributed by atoms with Gasteiger partial charge in [0.25, 0.3) is 0 Å². The van der Waals surface area contributed by atoms with Gasteiger partial charge in [0, 0.05) is 6.04 Å². The van der Waals surface area contributed by atoms with E-state index in [1.165, 1.54) is 12.1 Å². The standard InChI is InChI=1S/C12H17ClFN/c1-4-11(8(2)3)15-12-6-5-9(14)7-10(12)13/h5-8,11,15H,4H2,1-3H3. The van der Waals surface area contributed by atoms with Crippen LogP contribution in [0.4, 0.5) is 10.1 Å². The molecule has 15 heavy (non-hydrogen) atoms. The summed E-state index contributed by atoms with van der Waals surface area (Å²) in [7, 11) is 0. The predicted octanol–water partition coefficient (Wildman–Crippen LogP) is 4.33. The normalized spacial score (nSPS) is 12.9. The molecule has 0 radical (unpaired) electrons. The van der Waals surface area contributed by atoms with Gasteiger partial charge in [-0.1, -0.05) is 32.4 Å². The summed E-state index contributed by atoms with van der Waals surface area (Å²) in [6, 6.07) is 4.80. The van der Waals surface area contributed by atoms with E-state index in [0.29, 0.717) is 17.0 Å². The van der Waals surface area contributed by atoms with Gasteiger partial charge in [-0.2, -0.15) is 0 Å². The molecule has 0 saturated heterocycles. The van der Waals surface area contributed by atoms with Crippen molar-refractivity contribution in [3.05, 3.63) is 29.0 Å². The molecule has 0 fully saturated rings. The Kier molecular flexibility index (Phi) is 4.40. The molecule has 1 aromatic rings. The lowest BCUT2D eigenvalue weighted by Gasteiger charge is -2.22. The number of halogens is 2. The smallest absolute Gasteiger partial charge is 0.124 e. The Morgan fingerprint density at radius 1 is 1.40 bits per heavy atom. The van der Waals surface area contributed by atoms with Crippen LogP contribution in [0.25, 0.3) is 0 Å². The van der Waals surface area contributed by atoms with Gasteiger partial charge in [-0.25, -0.2) is 4.39 Å². The molecular formula is C12H17ClFN. The van der Waals surface area contributed by atoms with Crippen molar-refractivity contribution in [2.24, 2.45) is 5.92 Å². The molecule has 0 aromatic heterocycles. The van der Waals surface area contributed by atoms with Crippen molar-refractivity contribution < 1.29 is 4.39 Å². The molecule has 1 atom stereocenters. The van der Waals surface area contributed by atoms with E-state index in [0.717, 1.165) is 12.1 Å². The summed E-state index contributed by atoms with van der Waals surface area (Å²) in [5.74, 6) is 0.222. The van der Waals surface area contributed by atoms with E-state index < -0.39 is 0 Å². The van der Waals surface area contributed by atoms with Crippen LogP contribution in [0.5, 0.6) is 0 Å². The molecule has 1 rings (SSSR count). The van der Waals surface area contributed by atoms with Crippen LogP contribution < -0.4 is 5.32 Å². The maximum Gasteiger partial charge on any atom is 0.124 e. The molecule has 0 spiro atoms. The molecule has 1 unspecified atom stereocenters. The molecule has 0 aliphatic carbocycles. The van der Waals surface area contributed by atoms with Crippen molar-refractivity contribution >= 4 is 17.3 Å². The largest absolute Gasteiger partial charge is 0.381 e. The Bertz CT molecular complexity index is 325. The summed E-state index contributed by atoms with van der Waals surface area (Å²) in [5, 5.41) is 3.76. The summed E-state index contributed by atoms with van der Waals surface area (Å²) >= 11 is 5.93. The highest BCUT2D eigenvalue weighted by Crippen LogP contribution is 2.24. The number of hydrogen-bond donors (Lipinski definition) is 1. The summed E-state index contributed by atoms with van der Waals surface area (Å²) < 4.78 is 12.8. The maximum atomic E-state index is 12.8. The molecule has 0 aliphatic heterocycles. The lowest BCUT2D eigenvalue weighted by molar-refractivity contribution is 0.511. The molecule has 0 amide bonds. The monoisotopic (exact) mass is 229 g/mol. The SMILES string of the molecule is CCC(Nc1ccc(F)cc1Cl)C(C)C. The molecule has 1 N–H and O–H groups in total. The molecular weight excluding hydrogens is 213 g/mol. The first-order chi connectivity index (χ1) is 7.04. The highest BCUT2D eigenvalue weighted by atomic mass is 35.5. The second-order valence-corrected chi connectivity index (χ2v) is 4.43. The molecule has 84 valence electrons. The van der Waals surface area contributed by atoms with Crippen LogP contribution in [-0.4, -0.2) is 6.04 Å². The Hall–Kier alpha value is -0.760. The quantitative estimate of drug-likeness (QED) is 0.811. The van der Waals surface area contributed by atoms with E-state index in [9.17, 15) is 4.39 Å². The maximum absolute atomic E-state index is 12.8. The fourth-order valence-electron chi connectivity index (χ4n) is 1.55. The van der Waals surface area contributed by atoms with Crippen LogP contribution in [-0.2, 0) is 0 Å². The van der Waals surface area contributed by atoms with Gasteiger partial charge in [-0.3, -0.25) is 0 Å². The van der Waals surface area contributed by atoms with Gasteiger partial charge in [0.05, 0.1) is 10.7 Å². The number of rotatable bonds is 4. The topological polar surface area (TPSA) is 12.0 Å². The zero-order valence-electron chi connectivity index (χ0n) is 9.35. The van der Waals surface area contributed by atoms with Crippen LogP contribution in [0.15, 0.2) is 18.2 Å². The molecule has 3 heteroatoms. The van der Waals surface area contributed by atoms with E-state index in [1.807, 2.05) is 0 Å². The molecule has 0 aliphatic rings. The third-order valence-corrected chi connectivity index (χ3v) is 2.83. The second-order valence-electron chi connectivity index (χ2n) is 4.03. The molecule has 1 nitrogen and oxygen atoms in total. The Morgan fingerprint density at radius 3 is 2.53 bits per heavy atom. The minimum Gasteiger partial charge on any atom is -0.381 e. The second kappa shape index (κ2) is 5.36.